The van der Waals surface area contributed by atoms with Crippen LogP contribution in [0.2, 0.25) is 0 Å². The molecule has 2 aromatic heterocycles. The summed E-state index contributed by atoms with van der Waals surface area (Å²) < 4.78 is 0. The molecule has 0 aliphatic rings. The van der Waals surface area contributed by atoms with Crippen molar-refractivity contribution in [3.63, 3.8) is 0 Å². The van der Waals surface area contributed by atoms with Gasteiger partial charge < -0.3 is 10.6 Å². The van der Waals surface area contributed by atoms with Crippen molar-refractivity contribution in [1.29, 1.82) is 0 Å². The molecule has 0 atom stereocenters. The number of aromatic amines is 2. The minimum atomic E-state index is 0.00590. The molecule has 160 valence electrons. The molecule has 4 rings (SSSR count). The van der Waals surface area contributed by atoms with Gasteiger partial charge in [-0.2, -0.15) is 10.2 Å². The van der Waals surface area contributed by atoms with Crippen molar-refractivity contribution in [2.45, 2.75) is 27.7 Å². The average molecular weight is 415 g/mol. The van der Waals surface area contributed by atoms with Crippen LogP contribution in [0.25, 0.3) is 22.5 Å². The van der Waals surface area contributed by atoms with E-state index in [-0.39, 0.29) is 5.41 Å². The van der Waals surface area contributed by atoms with E-state index in [4.69, 9.17) is 0 Å². The molecule has 0 spiro atoms. The third-order valence-electron chi connectivity index (χ3n) is 5.38. The second kappa shape index (κ2) is 8.68. The van der Waals surface area contributed by atoms with Crippen LogP contribution in [-0.4, -0.2) is 33.5 Å². The van der Waals surface area contributed by atoms with Crippen molar-refractivity contribution >= 4 is 11.6 Å². The number of benzene rings is 2. The van der Waals surface area contributed by atoms with Gasteiger partial charge in [0.1, 0.15) is 11.6 Å². The molecule has 0 saturated carbocycles. The maximum absolute atomic E-state index is 4.41. The Bertz CT molecular complexity index is 1030. The topological polar surface area (TPSA) is 81.4 Å². The number of nitrogens with one attached hydrogen (secondary N) is 4. The van der Waals surface area contributed by atoms with Gasteiger partial charge in [-0.1, -0.05) is 73.5 Å². The summed E-state index contributed by atoms with van der Waals surface area (Å²) in [7, 11) is 0. The van der Waals surface area contributed by atoms with E-state index in [9.17, 15) is 0 Å². The summed E-state index contributed by atoms with van der Waals surface area (Å²) in [5, 5.41) is 21.9. The molecule has 0 radical (unpaired) electrons. The lowest BCUT2D eigenvalue weighted by atomic mass is 9.93. The maximum atomic E-state index is 4.41. The highest BCUT2D eigenvalue weighted by Crippen LogP contribution is 2.24. The number of nitrogens with zero attached hydrogens (tertiary/aromatic N) is 2. The van der Waals surface area contributed by atoms with Gasteiger partial charge in [0.25, 0.3) is 0 Å². The number of hydrogen-bond donors (Lipinski definition) is 4. The van der Waals surface area contributed by atoms with Crippen LogP contribution in [0.15, 0.2) is 60.7 Å². The molecule has 31 heavy (non-hydrogen) atoms. The first-order valence-electron chi connectivity index (χ1n) is 10.6. The van der Waals surface area contributed by atoms with Crippen molar-refractivity contribution in [3.05, 3.63) is 71.8 Å². The van der Waals surface area contributed by atoms with Crippen LogP contribution in [0.1, 0.15) is 25.0 Å². The largest absolute Gasteiger partial charge is 0.368 e. The molecule has 4 aromatic rings. The summed E-state index contributed by atoms with van der Waals surface area (Å²) in [5.74, 6) is 1.70. The van der Waals surface area contributed by atoms with Crippen LogP contribution >= 0.6 is 0 Å². The molecule has 0 unspecified atom stereocenters. The molecule has 0 saturated heterocycles. The highest BCUT2D eigenvalue weighted by atomic mass is 15.2. The van der Waals surface area contributed by atoms with Crippen LogP contribution in [0.3, 0.4) is 0 Å². The van der Waals surface area contributed by atoms with E-state index in [0.717, 1.165) is 47.2 Å². The highest BCUT2D eigenvalue weighted by molar-refractivity contribution is 5.64. The van der Waals surface area contributed by atoms with Gasteiger partial charge >= 0.3 is 0 Å². The molecule has 4 N–H and O–H groups in total. The second-order valence-corrected chi connectivity index (χ2v) is 8.94. The van der Waals surface area contributed by atoms with Gasteiger partial charge in [0.2, 0.25) is 0 Å². The van der Waals surface area contributed by atoms with Crippen LogP contribution < -0.4 is 10.6 Å². The highest BCUT2D eigenvalue weighted by Gasteiger charge is 2.19. The Labute approximate surface area is 183 Å². The number of aryl methyl sites for hydroxylation is 2. The predicted octanol–water partition coefficient (Wildman–Crippen LogP) is 5.63. The van der Waals surface area contributed by atoms with Crippen LogP contribution in [0, 0.1) is 19.3 Å². The number of hydrogen-bond acceptors (Lipinski definition) is 4. The lowest BCUT2D eigenvalue weighted by Crippen LogP contribution is -2.31. The minimum Gasteiger partial charge on any atom is -0.368 e. The SMILES string of the molecule is Cc1ccc(-c2cc(NCC(C)(C)CNc3cc(-c4ccc(C)cc4)[nH]n3)n[nH]2)cc1. The Hall–Kier alpha value is -3.54. The van der Waals surface area contributed by atoms with Crippen molar-refractivity contribution in [2.75, 3.05) is 23.7 Å². The number of anilines is 2. The van der Waals surface area contributed by atoms with Crippen molar-refractivity contribution in [3.8, 4) is 22.5 Å². The fourth-order valence-corrected chi connectivity index (χ4v) is 3.31. The molecule has 2 heterocycles. The quantitative estimate of drug-likeness (QED) is 0.301. The van der Waals surface area contributed by atoms with Gasteiger partial charge in [0.15, 0.2) is 0 Å². The molecule has 6 nitrogen and oxygen atoms in total. The van der Waals surface area contributed by atoms with Gasteiger partial charge in [-0.15, -0.1) is 0 Å². The van der Waals surface area contributed by atoms with Crippen molar-refractivity contribution in [2.24, 2.45) is 5.41 Å². The summed E-state index contributed by atoms with van der Waals surface area (Å²) in [4.78, 5) is 0. The Morgan fingerprint density at radius 1 is 0.677 bits per heavy atom. The molecule has 6 heteroatoms. The van der Waals surface area contributed by atoms with E-state index in [2.05, 4.69) is 119 Å². The molecular weight excluding hydrogens is 384 g/mol. The zero-order valence-electron chi connectivity index (χ0n) is 18.6. The summed E-state index contributed by atoms with van der Waals surface area (Å²) in [6.45, 7) is 10.2. The molecule has 2 aromatic carbocycles. The van der Waals surface area contributed by atoms with Gasteiger partial charge in [-0.05, 0) is 30.4 Å². The van der Waals surface area contributed by atoms with Gasteiger partial charge in [-0.25, -0.2) is 0 Å². The summed E-state index contributed by atoms with van der Waals surface area (Å²) in [6, 6.07) is 21.0. The summed E-state index contributed by atoms with van der Waals surface area (Å²) in [5.41, 5.74) is 6.80. The fourth-order valence-electron chi connectivity index (χ4n) is 3.31. The van der Waals surface area contributed by atoms with E-state index >= 15 is 0 Å². The average Bonchev–Trinajstić information content (AvgIpc) is 3.42. The lowest BCUT2D eigenvalue weighted by molar-refractivity contribution is 0.418. The van der Waals surface area contributed by atoms with E-state index < -0.39 is 0 Å². The Kier molecular flexibility index (Phi) is 5.80. The van der Waals surface area contributed by atoms with Crippen LogP contribution in [-0.2, 0) is 0 Å². The Morgan fingerprint density at radius 2 is 1.06 bits per heavy atom. The van der Waals surface area contributed by atoms with Gasteiger partial charge in [-0.3, -0.25) is 10.2 Å². The first-order valence-corrected chi connectivity index (χ1v) is 10.6. The number of rotatable bonds is 8. The fraction of sp³-hybridized carbons (Fsp3) is 0.280. The smallest absolute Gasteiger partial charge is 0.148 e. The van der Waals surface area contributed by atoms with Crippen LogP contribution in [0.5, 0.6) is 0 Å². The first kappa shape index (κ1) is 20.7. The first-order chi connectivity index (χ1) is 14.9. The van der Waals surface area contributed by atoms with Crippen molar-refractivity contribution in [1.82, 2.24) is 20.4 Å². The number of H-pyrrole nitrogens is 2. The van der Waals surface area contributed by atoms with Gasteiger partial charge in [0, 0.05) is 25.2 Å². The third-order valence-corrected chi connectivity index (χ3v) is 5.38. The predicted molar refractivity (Wildman–Crippen MR) is 128 cm³/mol. The second-order valence-electron chi connectivity index (χ2n) is 8.94. The third kappa shape index (κ3) is 5.34. The van der Waals surface area contributed by atoms with Crippen molar-refractivity contribution < 1.29 is 0 Å². The lowest BCUT2D eigenvalue weighted by Gasteiger charge is -2.25. The normalized spacial score (nSPS) is 11.5. The van der Waals surface area contributed by atoms with Crippen LogP contribution in [0.4, 0.5) is 11.6 Å². The monoisotopic (exact) mass is 414 g/mol. The van der Waals surface area contributed by atoms with E-state index in [1.165, 1.54) is 11.1 Å². The van der Waals surface area contributed by atoms with E-state index in [0.29, 0.717) is 0 Å². The molecule has 0 aliphatic heterocycles. The molecule has 0 amide bonds. The maximum Gasteiger partial charge on any atom is 0.148 e. The zero-order chi connectivity index (χ0) is 21.8. The number of aromatic nitrogens is 4. The van der Waals surface area contributed by atoms with E-state index in [1.54, 1.807) is 0 Å². The van der Waals surface area contributed by atoms with Gasteiger partial charge in [0.05, 0.1) is 11.4 Å². The summed E-state index contributed by atoms with van der Waals surface area (Å²) in [6.07, 6.45) is 0. The molecule has 0 fully saturated rings. The minimum absolute atomic E-state index is 0.00590. The standard InChI is InChI=1S/C25H30N6/c1-17-5-9-19(10-6-17)21-13-23(30-28-21)26-15-25(3,4)16-27-24-14-22(29-31-24)20-11-7-18(2)8-12-20/h5-14H,15-16H2,1-4H3,(H2,26,28,30)(H2,27,29,31). The Balaban J connectivity index is 1.31. The van der Waals surface area contributed by atoms with E-state index in [1.807, 2.05) is 0 Å². The zero-order valence-corrected chi connectivity index (χ0v) is 18.6. The summed E-state index contributed by atoms with van der Waals surface area (Å²) >= 11 is 0. The molecule has 0 aliphatic carbocycles. The Morgan fingerprint density at radius 3 is 1.45 bits per heavy atom. The molecular formula is C25H30N6. The molecule has 0 bridgehead atoms.